The smallest absolute Gasteiger partial charge is 0.417 e. The summed E-state index contributed by atoms with van der Waals surface area (Å²) in [6.45, 7) is 0.297. The van der Waals surface area contributed by atoms with Crippen LogP contribution in [0.1, 0.15) is 24.2 Å². The number of halogens is 4. The predicted octanol–water partition coefficient (Wildman–Crippen LogP) is 3.67. The summed E-state index contributed by atoms with van der Waals surface area (Å²) in [5.74, 6) is -0.00163. The van der Waals surface area contributed by atoms with E-state index in [1.807, 2.05) is 0 Å². The number of sulfonamides is 1. The molecule has 0 aliphatic carbocycles. The van der Waals surface area contributed by atoms with Crippen molar-refractivity contribution in [2.75, 3.05) is 13.1 Å². The Hall–Kier alpha value is -2.04. The first-order valence-corrected chi connectivity index (χ1v) is 10.6. The lowest BCUT2D eigenvalue weighted by Gasteiger charge is -2.30. The van der Waals surface area contributed by atoms with Crippen molar-refractivity contribution in [3.05, 3.63) is 52.9 Å². The minimum absolute atomic E-state index is 0.0329. The van der Waals surface area contributed by atoms with Gasteiger partial charge < -0.3 is 9.73 Å². The van der Waals surface area contributed by atoms with Gasteiger partial charge in [-0.3, -0.25) is 4.79 Å². The molecule has 29 heavy (non-hydrogen) atoms. The lowest BCUT2D eigenvalue weighted by molar-refractivity contribution is -0.137. The fraction of sp³-hybridized carbons (Fsp3) is 0.389. The van der Waals surface area contributed by atoms with Gasteiger partial charge in [-0.1, -0.05) is 11.6 Å². The molecule has 158 valence electrons. The molecule has 1 aromatic carbocycles. The second-order valence-electron chi connectivity index (χ2n) is 6.61. The fourth-order valence-corrected chi connectivity index (χ4v) is 4.84. The highest BCUT2D eigenvalue weighted by Crippen LogP contribution is 2.36. The van der Waals surface area contributed by atoms with E-state index < -0.39 is 31.7 Å². The van der Waals surface area contributed by atoms with Crippen LogP contribution in [0.25, 0.3) is 0 Å². The van der Waals surface area contributed by atoms with E-state index in [2.05, 4.69) is 5.32 Å². The lowest BCUT2D eigenvalue weighted by Crippen LogP contribution is -2.42. The van der Waals surface area contributed by atoms with Gasteiger partial charge in [-0.15, -0.1) is 0 Å². The molecule has 0 unspecified atom stereocenters. The van der Waals surface area contributed by atoms with Gasteiger partial charge in [-0.05, 0) is 43.2 Å². The Morgan fingerprint density at radius 3 is 2.52 bits per heavy atom. The van der Waals surface area contributed by atoms with Crippen LogP contribution in [-0.2, 0) is 27.5 Å². The van der Waals surface area contributed by atoms with Crippen LogP contribution in [0.15, 0.2) is 45.9 Å². The van der Waals surface area contributed by atoms with E-state index >= 15 is 0 Å². The van der Waals surface area contributed by atoms with Crippen molar-refractivity contribution in [2.45, 2.75) is 30.5 Å². The predicted molar refractivity (Wildman–Crippen MR) is 98.5 cm³/mol. The maximum atomic E-state index is 13.0. The van der Waals surface area contributed by atoms with Crippen LogP contribution >= 0.6 is 11.6 Å². The molecular formula is C18H18ClF3N2O4S. The second kappa shape index (κ2) is 8.37. The second-order valence-corrected chi connectivity index (χ2v) is 8.96. The molecule has 2 aromatic rings. The summed E-state index contributed by atoms with van der Waals surface area (Å²) in [7, 11) is -4.13. The Labute approximate surface area is 170 Å². The number of piperidine rings is 1. The van der Waals surface area contributed by atoms with Crippen molar-refractivity contribution in [3.8, 4) is 0 Å². The molecule has 11 heteroatoms. The molecule has 1 fully saturated rings. The van der Waals surface area contributed by atoms with Crippen molar-refractivity contribution in [3.63, 3.8) is 0 Å². The molecule has 0 bridgehead atoms. The number of rotatable bonds is 5. The number of amides is 1. The van der Waals surface area contributed by atoms with Crippen LogP contribution in [-0.4, -0.2) is 31.7 Å². The minimum Gasteiger partial charge on any atom is -0.467 e. The van der Waals surface area contributed by atoms with Gasteiger partial charge in [0.15, 0.2) is 0 Å². The Bertz CT molecular complexity index is 969. The molecule has 1 amide bonds. The zero-order valence-electron chi connectivity index (χ0n) is 15.1. The number of nitrogens with one attached hydrogen (secondary N) is 1. The quantitative estimate of drug-likeness (QED) is 0.753. The molecule has 0 atom stereocenters. The summed E-state index contributed by atoms with van der Waals surface area (Å²) < 4.78 is 70.8. The maximum Gasteiger partial charge on any atom is 0.417 e. The van der Waals surface area contributed by atoms with Crippen LogP contribution < -0.4 is 5.32 Å². The minimum atomic E-state index is -4.76. The van der Waals surface area contributed by atoms with E-state index in [9.17, 15) is 26.4 Å². The first kappa shape index (κ1) is 21.7. The lowest BCUT2D eigenvalue weighted by atomic mass is 9.97. The fourth-order valence-electron chi connectivity index (χ4n) is 3.12. The Morgan fingerprint density at radius 2 is 1.93 bits per heavy atom. The van der Waals surface area contributed by atoms with Crippen LogP contribution in [0.5, 0.6) is 0 Å². The number of carbonyl (C=O) groups excluding carboxylic acids is 1. The monoisotopic (exact) mass is 450 g/mol. The van der Waals surface area contributed by atoms with E-state index in [0.717, 1.165) is 16.4 Å². The topological polar surface area (TPSA) is 79.6 Å². The Morgan fingerprint density at radius 1 is 1.24 bits per heavy atom. The van der Waals surface area contributed by atoms with E-state index in [4.69, 9.17) is 16.0 Å². The van der Waals surface area contributed by atoms with Crippen molar-refractivity contribution in [2.24, 2.45) is 5.92 Å². The van der Waals surface area contributed by atoms with Gasteiger partial charge in [0.1, 0.15) is 5.76 Å². The molecule has 1 aromatic heterocycles. The van der Waals surface area contributed by atoms with Gasteiger partial charge in [0.25, 0.3) is 0 Å². The molecule has 1 N–H and O–H groups in total. The average Bonchev–Trinajstić information content (AvgIpc) is 3.19. The molecule has 2 heterocycles. The van der Waals surface area contributed by atoms with Gasteiger partial charge in [0.2, 0.25) is 15.9 Å². The van der Waals surface area contributed by atoms with Crippen molar-refractivity contribution in [1.29, 1.82) is 0 Å². The van der Waals surface area contributed by atoms with Gasteiger partial charge in [-0.25, -0.2) is 8.42 Å². The third kappa shape index (κ3) is 4.93. The number of benzene rings is 1. The molecule has 1 saturated heterocycles. The number of carbonyl (C=O) groups is 1. The summed E-state index contributed by atoms with van der Waals surface area (Å²) in [5, 5.41) is 2.16. The molecular weight excluding hydrogens is 433 g/mol. The molecule has 6 nitrogen and oxygen atoms in total. The highest BCUT2D eigenvalue weighted by atomic mass is 35.5. The van der Waals surface area contributed by atoms with Crippen molar-refractivity contribution in [1.82, 2.24) is 9.62 Å². The molecule has 1 aliphatic heterocycles. The number of furan rings is 1. The summed E-state index contributed by atoms with van der Waals surface area (Å²) in [5.41, 5.74) is -1.20. The van der Waals surface area contributed by atoms with Gasteiger partial charge >= 0.3 is 6.18 Å². The summed E-state index contributed by atoms with van der Waals surface area (Å²) in [4.78, 5) is 11.8. The molecule has 0 saturated carbocycles. The van der Waals surface area contributed by atoms with E-state index in [0.29, 0.717) is 11.8 Å². The van der Waals surface area contributed by atoms with Crippen LogP contribution in [0.4, 0.5) is 13.2 Å². The van der Waals surface area contributed by atoms with E-state index in [1.54, 1.807) is 12.1 Å². The van der Waals surface area contributed by atoms with Gasteiger partial charge in [0, 0.05) is 19.0 Å². The summed E-state index contributed by atoms with van der Waals surface area (Å²) in [6.07, 6.45) is -2.74. The zero-order valence-corrected chi connectivity index (χ0v) is 16.6. The normalized spacial score (nSPS) is 16.7. The first-order valence-electron chi connectivity index (χ1n) is 8.76. The zero-order chi connectivity index (χ0) is 21.2. The molecule has 0 radical (unpaired) electrons. The first-order chi connectivity index (χ1) is 13.6. The largest absolute Gasteiger partial charge is 0.467 e. The molecule has 3 rings (SSSR count). The molecule has 0 spiro atoms. The standard InChI is InChI=1S/C18H18ClF3N2O4S/c19-16-4-3-14(10-15(16)18(20,21)22)29(26,27)24-7-5-12(6-8-24)17(25)23-11-13-2-1-9-28-13/h1-4,9-10,12H,5-8,11H2,(H,23,25). The maximum absolute atomic E-state index is 13.0. The third-order valence-corrected chi connectivity index (χ3v) is 6.95. The van der Waals surface area contributed by atoms with Crippen molar-refractivity contribution >= 4 is 27.5 Å². The van der Waals surface area contributed by atoms with Crippen LogP contribution in [0, 0.1) is 5.92 Å². The highest BCUT2D eigenvalue weighted by molar-refractivity contribution is 7.89. The van der Waals surface area contributed by atoms with E-state index in [1.165, 1.54) is 6.26 Å². The number of hydrogen-bond acceptors (Lipinski definition) is 4. The van der Waals surface area contributed by atoms with Gasteiger partial charge in [0.05, 0.1) is 28.3 Å². The summed E-state index contributed by atoms with van der Waals surface area (Å²) in [6, 6.07) is 5.93. The van der Waals surface area contributed by atoms with Crippen LogP contribution in [0.3, 0.4) is 0 Å². The third-order valence-electron chi connectivity index (χ3n) is 4.72. The van der Waals surface area contributed by atoms with Gasteiger partial charge in [-0.2, -0.15) is 17.5 Å². The highest BCUT2D eigenvalue weighted by Gasteiger charge is 2.37. The van der Waals surface area contributed by atoms with Crippen molar-refractivity contribution < 1.29 is 30.8 Å². The summed E-state index contributed by atoms with van der Waals surface area (Å²) >= 11 is 5.56. The number of alkyl halides is 3. The number of nitrogens with zero attached hydrogens (tertiary/aromatic N) is 1. The molecule has 1 aliphatic rings. The number of hydrogen-bond donors (Lipinski definition) is 1. The van der Waals surface area contributed by atoms with Crippen LogP contribution in [0.2, 0.25) is 5.02 Å². The average molecular weight is 451 g/mol. The Kier molecular flexibility index (Phi) is 6.25. The SMILES string of the molecule is O=C(NCc1ccco1)C1CCN(S(=O)(=O)c2ccc(Cl)c(C(F)(F)F)c2)CC1. The van der Waals surface area contributed by atoms with E-state index in [-0.39, 0.29) is 44.3 Å². The Balaban J connectivity index is 1.64.